The molecule has 2 amide bonds. The summed E-state index contributed by atoms with van der Waals surface area (Å²) >= 11 is 0. The number of nitro benzene ring substituents is 1. The number of amides is 2. The molecule has 174 valence electrons. The summed E-state index contributed by atoms with van der Waals surface area (Å²) in [5.41, 5.74) is 6.14. The molecule has 0 fully saturated rings. The van der Waals surface area contributed by atoms with Crippen LogP contribution in [0, 0.1) is 17.0 Å². The molecule has 4 rings (SSSR count). The van der Waals surface area contributed by atoms with Gasteiger partial charge in [0.25, 0.3) is 11.6 Å². The maximum absolute atomic E-state index is 12.7. The van der Waals surface area contributed by atoms with E-state index < -0.39 is 4.92 Å². The molecule has 3 aromatic rings. The smallest absolute Gasteiger partial charge is 0.287 e. The minimum Gasteiger partial charge on any atom is -0.455 e. The molecule has 10 heteroatoms. The van der Waals surface area contributed by atoms with Gasteiger partial charge in [0.15, 0.2) is 5.76 Å². The van der Waals surface area contributed by atoms with Crippen molar-refractivity contribution in [3.05, 3.63) is 92.7 Å². The van der Waals surface area contributed by atoms with Crippen molar-refractivity contribution in [2.24, 2.45) is 5.10 Å². The molecular formula is C24H23N5O5. The Morgan fingerprint density at radius 3 is 2.68 bits per heavy atom. The van der Waals surface area contributed by atoms with E-state index in [1.165, 1.54) is 12.1 Å². The van der Waals surface area contributed by atoms with Gasteiger partial charge in [0, 0.05) is 48.6 Å². The van der Waals surface area contributed by atoms with Gasteiger partial charge in [-0.1, -0.05) is 18.2 Å². The predicted octanol–water partition coefficient (Wildman–Crippen LogP) is 3.22. The second-order valence-corrected chi connectivity index (χ2v) is 7.95. The lowest BCUT2D eigenvalue weighted by molar-refractivity contribution is -0.384. The second-order valence-electron chi connectivity index (χ2n) is 7.95. The maximum Gasteiger partial charge on any atom is 0.287 e. The van der Waals surface area contributed by atoms with Crippen LogP contribution in [0.25, 0.3) is 0 Å². The van der Waals surface area contributed by atoms with Crippen LogP contribution < -0.4 is 10.7 Å². The molecule has 1 aliphatic rings. The van der Waals surface area contributed by atoms with Gasteiger partial charge in [0.1, 0.15) is 5.76 Å². The Bertz CT molecular complexity index is 1250. The van der Waals surface area contributed by atoms with Crippen LogP contribution in [-0.2, 0) is 24.2 Å². The van der Waals surface area contributed by atoms with Gasteiger partial charge in [0.2, 0.25) is 5.91 Å². The van der Waals surface area contributed by atoms with E-state index in [0.29, 0.717) is 42.0 Å². The molecular weight excluding hydrogens is 438 g/mol. The molecule has 0 spiro atoms. The number of benzene rings is 1. The molecule has 2 aromatic heterocycles. The number of aromatic nitrogens is 1. The number of carbonyl (C=O) groups excluding carboxylic acids is 2. The first kappa shape index (κ1) is 22.8. The van der Waals surface area contributed by atoms with E-state index in [2.05, 4.69) is 20.8 Å². The summed E-state index contributed by atoms with van der Waals surface area (Å²) in [6.45, 7) is 2.14. The Hall–Kier alpha value is -4.34. The van der Waals surface area contributed by atoms with Gasteiger partial charge in [-0.05, 0) is 37.0 Å². The number of fused-ring (bicyclic) bond motifs is 1. The summed E-state index contributed by atoms with van der Waals surface area (Å²) in [7, 11) is 0. The SMILES string of the molecule is Cc1c(C(=O)NCc2cccnc2)oc2c1/C(=N/NC(=O)Cc1ccc([N+](=O)[O-])cc1)CCC2. The average Bonchev–Trinajstić information content (AvgIpc) is 3.19. The molecule has 0 aliphatic heterocycles. The van der Waals surface area contributed by atoms with Crippen LogP contribution in [-0.4, -0.2) is 27.4 Å². The molecule has 34 heavy (non-hydrogen) atoms. The first-order valence-electron chi connectivity index (χ1n) is 10.8. The van der Waals surface area contributed by atoms with Crippen molar-refractivity contribution in [1.82, 2.24) is 15.7 Å². The standard InChI is InChI=1S/C24H23N5O5/c1-15-22-19(27-28-21(30)12-16-7-9-18(10-8-16)29(32)33)5-2-6-20(22)34-23(15)24(31)26-14-17-4-3-11-25-13-17/h3-4,7-11,13H,2,5-6,12,14H2,1H3,(H,26,31)(H,28,30)/b27-19+. The third-order valence-electron chi connectivity index (χ3n) is 5.54. The number of hydrazone groups is 1. The van der Waals surface area contributed by atoms with Crippen molar-refractivity contribution < 1.29 is 18.9 Å². The zero-order chi connectivity index (χ0) is 24.1. The Balaban J connectivity index is 1.43. The van der Waals surface area contributed by atoms with Gasteiger partial charge in [-0.15, -0.1) is 0 Å². The van der Waals surface area contributed by atoms with E-state index in [1.807, 2.05) is 6.07 Å². The number of furan rings is 1. The summed E-state index contributed by atoms with van der Waals surface area (Å²) < 4.78 is 5.87. The third-order valence-corrected chi connectivity index (χ3v) is 5.54. The molecule has 1 aromatic carbocycles. The highest BCUT2D eigenvalue weighted by Crippen LogP contribution is 2.30. The van der Waals surface area contributed by atoms with Gasteiger partial charge in [-0.25, -0.2) is 5.43 Å². The molecule has 1 aliphatic carbocycles. The van der Waals surface area contributed by atoms with Crippen LogP contribution in [0.15, 0.2) is 58.3 Å². The summed E-state index contributed by atoms with van der Waals surface area (Å²) in [5.74, 6) is 0.251. The number of hydrogen-bond donors (Lipinski definition) is 2. The minimum absolute atomic E-state index is 0.0326. The lowest BCUT2D eigenvalue weighted by Crippen LogP contribution is -2.24. The minimum atomic E-state index is -0.489. The largest absolute Gasteiger partial charge is 0.455 e. The highest BCUT2D eigenvalue weighted by molar-refractivity contribution is 6.06. The van der Waals surface area contributed by atoms with E-state index in [0.717, 1.165) is 17.5 Å². The van der Waals surface area contributed by atoms with Gasteiger partial charge in [-0.2, -0.15) is 5.10 Å². The lowest BCUT2D eigenvalue weighted by atomic mass is 9.93. The number of nitro groups is 1. The van der Waals surface area contributed by atoms with E-state index >= 15 is 0 Å². The number of nitrogens with one attached hydrogen (secondary N) is 2. The van der Waals surface area contributed by atoms with Gasteiger partial charge < -0.3 is 9.73 Å². The van der Waals surface area contributed by atoms with Gasteiger partial charge in [0.05, 0.1) is 17.1 Å². The quantitative estimate of drug-likeness (QED) is 0.409. The second kappa shape index (κ2) is 10.1. The Labute approximate surface area is 195 Å². The number of pyridine rings is 1. The Morgan fingerprint density at radius 1 is 1.18 bits per heavy atom. The molecule has 0 unspecified atom stereocenters. The number of carbonyl (C=O) groups is 2. The van der Waals surface area contributed by atoms with Crippen molar-refractivity contribution in [3.8, 4) is 0 Å². The monoisotopic (exact) mass is 461 g/mol. The van der Waals surface area contributed by atoms with E-state index in [-0.39, 0.29) is 29.7 Å². The molecule has 0 saturated heterocycles. The highest BCUT2D eigenvalue weighted by atomic mass is 16.6. The molecule has 2 heterocycles. The zero-order valence-electron chi connectivity index (χ0n) is 18.5. The number of aryl methyl sites for hydroxylation is 1. The van der Waals surface area contributed by atoms with E-state index in [1.54, 1.807) is 37.5 Å². The van der Waals surface area contributed by atoms with Gasteiger partial charge in [-0.3, -0.25) is 24.7 Å². The first-order valence-corrected chi connectivity index (χ1v) is 10.8. The fourth-order valence-corrected chi connectivity index (χ4v) is 3.85. The Morgan fingerprint density at radius 2 is 1.97 bits per heavy atom. The lowest BCUT2D eigenvalue weighted by Gasteiger charge is -2.13. The number of non-ortho nitro benzene ring substituents is 1. The number of rotatable bonds is 7. The first-order chi connectivity index (χ1) is 16.4. The molecule has 0 radical (unpaired) electrons. The topological polar surface area (TPSA) is 140 Å². The zero-order valence-corrected chi connectivity index (χ0v) is 18.5. The number of nitrogens with zero attached hydrogens (tertiary/aromatic N) is 3. The maximum atomic E-state index is 12.7. The summed E-state index contributed by atoms with van der Waals surface area (Å²) in [6, 6.07) is 9.48. The third kappa shape index (κ3) is 5.17. The van der Waals surface area contributed by atoms with E-state index in [9.17, 15) is 19.7 Å². The molecule has 2 N–H and O–H groups in total. The van der Waals surface area contributed by atoms with Crippen LogP contribution in [0.1, 0.15) is 51.4 Å². The predicted molar refractivity (Wildman–Crippen MR) is 123 cm³/mol. The van der Waals surface area contributed by atoms with Crippen LogP contribution in [0.3, 0.4) is 0 Å². The van der Waals surface area contributed by atoms with Crippen molar-refractivity contribution in [1.29, 1.82) is 0 Å². The van der Waals surface area contributed by atoms with Crippen molar-refractivity contribution in [3.63, 3.8) is 0 Å². The van der Waals surface area contributed by atoms with Crippen LogP contribution >= 0.6 is 0 Å². The van der Waals surface area contributed by atoms with Crippen molar-refractivity contribution in [2.75, 3.05) is 0 Å². The molecule has 0 saturated carbocycles. The molecule has 0 atom stereocenters. The fraction of sp³-hybridized carbons (Fsp3) is 0.250. The molecule has 10 nitrogen and oxygen atoms in total. The summed E-state index contributed by atoms with van der Waals surface area (Å²) in [4.78, 5) is 39.4. The summed E-state index contributed by atoms with van der Waals surface area (Å²) in [6.07, 6.45) is 5.50. The van der Waals surface area contributed by atoms with Crippen molar-refractivity contribution >= 4 is 23.2 Å². The van der Waals surface area contributed by atoms with Crippen molar-refractivity contribution in [2.45, 2.75) is 39.2 Å². The Kier molecular flexibility index (Phi) is 6.77. The number of hydrogen-bond acceptors (Lipinski definition) is 7. The normalized spacial score (nSPS) is 13.9. The van der Waals surface area contributed by atoms with Crippen LogP contribution in [0.4, 0.5) is 5.69 Å². The fourth-order valence-electron chi connectivity index (χ4n) is 3.85. The van der Waals surface area contributed by atoms with Crippen LogP contribution in [0.5, 0.6) is 0 Å². The van der Waals surface area contributed by atoms with E-state index in [4.69, 9.17) is 4.42 Å². The van der Waals surface area contributed by atoms with Crippen LogP contribution in [0.2, 0.25) is 0 Å². The average molecular weight is 461 g/mol. The molecule has 0 bridgehead atoms. The van der Waals surface area contributed by atoms with Gasteiger partial charge >= 0.3 is 0 Å². The summed E-state index contributed by atoms with van der Waals surface area (Å²) in [5, 5.41) is 17.9. The highest BCUT2D eigenvalue weighted by Gasteiger charge is 2.28.